The Bertz CT molecular complexity index is 2300. The third-order valence-electron chi connectivity index (χ3n) is 13.5. The van der Waals surface area contributed by atoms with Crippen LogP contribution in [0, 0.1) is 0 Å². The number of benzene rings is 4. The molecule has 8 aromatic rings. The van der Waals surface area contributed by atoms with Crippen LogP contribution >= 0.6 is 0 Å². The Kier molecular flexibility index (Phi) is 10.6. The van der Waals surface area contributed by atoms with Gasteiger partial charge in [0.15, 0.2) is 0 Å². The molecule has 311 valence electrons. The van der Waals surface area contributed by atoms with Gasteiger partial charge in [-0.2, -0.15) is 0 Å². The van der Waals surface area contributed by atoms with Gasteiger partial charge >= 0.3 is 16.8 Å². The smallest absolute Gasteiger partial charge is 0.663 e. The van der Waals surface area contributed by atoms with E-state index in [0.717, 1.165) is 90.8 Å². The number of nitrogens with zero attached hydrogens (tertiary/aromatic N) is 2. The third-order valence-corrected chi connectivity index (χ3v) is 13.5. The van der Waals surface area contributed by atoms with Crippen molar-refractivity contribution >= 4 is 0 Å². The number of aromatic nitrogens is 4. The molecule has 2 N–H and O–H groups in total. The van der Waals surface area contributed by atoms with Crippen LogP contribution < -0.4 is 28.9 Å². The summed E-state index contributed by atoms with van der Waals surface area (Å²) < 4.78 is 22.5. The fourth-order valence-electron chi connectivity index (χ4n) is 9.26. The molecule has 9 heteroatoms. The van der Waals surface area contributed by atoms with Gasteiger partial charge in [-0.05, 0) is 123 Å². The molecule has 0 fully saturated rings. The number of aromatic amines is 2. The first-order valence-electron chi connectivity index (χ1n) is 20.3. The summed E-state index contributed by atoms with van der Waals surface area (Å²) >= 11 is 0. The first-order valence-corrected chi connectivity index (χ1v) is 20.3. The number of methoxy groups -OCH3 is 4. The van der Waals surface area contributed by atoms with Crippen LogP contribution in [0.5, 0.6) is 23.0 Å². The SMILES string of the molecule is COc1ccc(C2(C)c3ccc([n-]3)C(C)(c3ccc(OC)cc3)c3ccc([nH]3)C(C)(c3ccc(OC)cc3)c3ccc([n-]3)C(C)(c3ccc(OC)cc3)c3ccc2[nH]3)cc1.[Co+2]. The van der Waals surface area contributed by atoms with Crippen molar-refractivity contribution in [3.8, 4) is 23.0 Å². The van der Waals surface area contributed by atoms with Crippen molar-refractivity contribution in [3.63, 3.8) is 0 Å². The van der Waals surface area contributed by atoms with Crippen LogP contribution in [0.2, 0.25) is 0 Å². The minimum atomic E-state index is -0.695. The Morgan fingerprint density at radius 3 is 0.689 bits per heavy atom. The van der Waals surface area contributed by atoms with E-state index in [2.05, 4.69) is 135 Å². The average Bonchev–Trinajstić information content (AvgIpc) is 4.16. The van der Waals surface area contributed by atoms with E-state index in [-0.39, 0.29) is 16.8 Å². The molecule has 0 saturated carbocycles. The monoisotopic (exact) mass is 853 g/mol. The largest absolute Gasteiger partial charge is 2.00 e. The van der Waals surface area contributed by atoms with E-state index < -0.39 is 21.7 Å². The van der Waals surface area contributed by atoms with Gasteiger partial charge in [0, 0.05) is 44.4 Å². The molecule has 0 amide bonds. The fraction of sp³-hybridized carbons (Fsp3) is 0.231. The second-order valence-corrected chi connectivity index (χ2v) is 16.4. The van der Waals surface area contributed by atoms with E-state index in [1.54, 1.807) is 28.4 Å². The van der Waals surface area contributed by atoms with E-state index in [0.29, 0.717) is 0 Å². The van der Waals surface area contributed by atoms with Crippen molar-refractivity contribution in [2.75, 3.05) is 28.4 Å². The van der Waals surface area contributed by atoms with Crippen LogP contribution in [0.15, 0.2) is 146 Å². The van der Waals surface area contributed by atoms with Gasteiger partial charge in [0.1, 0.15) is 23.0 Å². The average molecular weight is 854 g/mol. The Balaban J connectivity index is 0.00000514. The maximum Gasteiger partial charge on any atom is 2.00 e. The van der Waals surface area contributed by atoms with Crippen LogP contribution in [0.4, 0.5) is 0 Å². The molecule has 1 radical (unpaired) electrons. The first kappa shape index (κ1) is 41.4. The fourth-order valence-corrected chi connectivity index (χ4v) is 9.26. The van der Waals surface area contributed by atoms with Gasteiger partial charge < -0.3 is 38.9 Å². The number of hydrogen-bond acceptors (Lipinski definition) is 4. The summed E-state index contributed by atoms with van der Waals surface area (Å²) in [5, 5.41) is 0. The zero-order valence-corrected chi connectivity index (χ0v) is 36.8. The second kappa shape index (κ2) is 15.6. The van der Waals surface area contributed by atoms with Gasteiger partial charge in [-0.1, -0.05) is 72.8 Å². The molecule has 0 spiro atoms. The summed E-state index contributed by atoms with van der Waals surface area (Å²) in [5.74, 6) is 3.17. The summed E-state index contributed by atoms with van der Waals surface area (Å²) in [6, 6.07) is 50.8. The maximum atomic E-state index is 5.65. The molecule has 8 nitrogen and oxygen atoms in total. The molecule has 4 aromatic carbocycles. The molecular formula is C52H50CoN4O4. The molecule has 1 aliphatic heterocycles. The first-order chi connectivity index (χ1) is 29.0. The number of H-pyrrole nitrogens is 2. The minimum absolute atomic E-state index is 0. The summed E-state index contributed by atoms with van der Waals surface area (Å²) in [5.41, 5.74) is 9.19. The number of nitrogens with one attached hydrogen (secondary N) is 2. The normalized spacial score (nSPS) is 21.9. The summed E-state index contributed by atoms with van der Waals surface area (Å²) in [4.78, 5) is 19.3. The molecule has 61 heavy (non-hydrogen) atoms. The number of ether oxygens (including phenoxy) is 4. The predicted molar refractivity (Wildman–Crippen MR) is 235 cm³/mol. The summed E-state index contributed by atoms with van der Waals surface area (Å²) in [6.45, 7) is 9.00. The molecule has 9 rings (SSSR count). The van der Waals surface area contributed by atoms with Crippen LogP contribution in [-0.2, 0) is 38.4 Å². The standard InChI is InChI=1S/C52H50N4O4.Co/c1-49(33-9-17-37(57-5)18-10-33)41-25-27-43(53-41)50(2,34-11-19-38(58-6)20-12-34)45-29-31-47(55-45)52(4,36-15-23-40(60-8)24-16-36)48-32-30-46(56-48)51(3,44-28-26-42(49)54-44)35-13-21-39(59-7)22-14-35;/h9-32,53,56H,1-8H3;/q-2;+2. The molecule has 4 atom stereocenters. The second-order valence-electron chi connectivity index (χ2n) is 16.4. The third kappa shape index (κ3) is 6.41. The maximum absolute atomic E-state index is 5.65. The molecule has 8 bridgehead atoms. The Morgan fingerprint density at radius 1 is 0.311 bits per heavy atom. The molecule has 4 unspecified atom stereocenters. The van der Waals surface area contributed by atoms with Crippen molar-refractivity contribution in [2.24, 2.45) is 0 Å². The van der Waals surface area contributed by atoms with Crippen molar-refractivity contribution in [1.29, 1.82) is 0 Å². The van der Waals surface area contributed by atoms with Crippen LogP contribution in [-0.4, -0.2) is 38.4 Å². The van der Waals surface area contributed by atoms with E-state index in [1.165, 1.54) is 0 Å². The summed E-state index contributed by atoms with van der Waals surface area (Å²) in [6.07, 6.45) is 0. The Morgan fingerprint density at radius 2 is 0.508 bits per heavy atom. The van der Waals surface area contributed by atoms with E-state index >= 15 is 0 Å². The molecule has 5 heterocycles. The van der Waals surface area contributed by atoms with Gasteiger partial charge in [-0.3, -0.25) is 0 Å². The van der Waals surface area contributed by atoms with Crippen molar-refractivity contribution < 1.29 is 35.7 Å². The minimum Gasteiger partial charge on any atom is -0.663 e. The molecular weight excluding hydrogens is 804 g/mol. The number of fused-ring (bicyclic) bond motifs is 8. The number of rotatable bonds is 8. The van der Waals surface area contributed by atoms with Gasteiger partial charge in [0.25, 0.3) is 0 Å². The van der Waals surface area contributed by atoms with E-state index in [1.807, 2.05) is 48.5 Å². The van der Waals surface area contributed by atoms with Crippen molar-refractivity contribution in [3.05, 3.63) is 213 Å². The molecule has 1 aliphatic rings. The Hall–Kier alpha value is -6.29. The zero-order chi connectivity index (χ0) is 41.9. The van der Waals surface area contributed by atoms with Crippen LogP contribution in [0.25, 0.3) is 0 Å². The van der Waals surface area contributed by atoms with Gasteiger partial charge in [0.05, 0.1) is 28.4 Å². The molecule has 0 saturated heterocycles. The van der Waals surface area contributed by atoms with Gasteiger partial charge in [0.2, 0.25) is 0 Å². The molecule has 0 aliphatic carbocycles. The van der Waals surface area contributed by atoms with Gasteiger partial charge in [-0.25, -0.2) is 0 Å². The Labute approximate surface area is 368 Å². The predicted octanol–water partition coefficient (Wildman–Crippen LogP) is 10.0. The quantitative estimate of drug-likeness (QED) is 0.158. The number of hydrogen-bond donors (Lipinski definition) is 2. The van der Waals surface area contributed by atoms with Crippen molar-refractivity contribution in [1.82, 2.24) is 19.9 Å². The van der Waals surface area contributed by atoms with Crippen LogP contribution in [0.1, 0.15) is 95.5 Å². The van der Waals surface area contributed by atoms with Crippen molar-refractivity contribution in [2.45, 2.75) is 49.4 Å². The van der Waals surface area contributed by atoms with E-state index in [9.17, 15) is 0 Å². The van der Waals surface area contributed by atoms with E-state index in [4.69, 9.17) is 28.9 Å². The summed E-state index contributed by atoms with van der Waals surface area (Å²) in [7, 11) is 6.78. The molecule has 4 aromatic heterocycles. The van der Waals surface area contributed by atoms with Gasteiger partial charge in [-0.15, -0.1) is 22.8 Å². The topological polar surface area (TPSA) is 96.7 Å². The zero-order valence-electron chi connectivity index (χ0n) is 35.7. The van der Waals surface area contributed by atoms with Crippen LogP contribution in [0.3, 0.4) is 0 Å².